The molecule has 2 aromatic rings. The molecule has 0 saturated heterocycles. The highest BCUT2D eigenvalue weighted by molar-refractivity contribution is 5.64. The van der Waals surface area contributed by atoms with Crippen molar-refractivity contribution in [2.75, 3.05) is 0 Å². The molecule has 0 aliphatic carbocycles. The van der Waals surface area contributed by atoms with Gasteiger partial charge in [-0.15, -0.1) is 0 Å². The second-order valence-electron chi connectivity index (χ2n) is 3.74. The van der Waals surface area contributed by atoms with Gasteiger partial charge in [0.25, 0.3) is 0 Å². The molecule has 18 heavy (non-hydrogen) atoms. The maximum atomic E-state index is 2.21. The van der Waals surface area contributed by atoms with Crippen LogP contribution in [-0.2, 0) is 0 Å². The Hall–Kier alpha value is -1.56. The zero-order valence-corrected chi connectivity index (χ0v) is 12.6. The van der Waals surface area contributed by atoms with E-state index in [0.717, 1.165) is 0 Å². The molecule has 98 valence electrons. The van der Waals surface area contributed by atoms with Crippen LogP contribution in [0.1, 0.15) is 38.8 Å². The summed E-state index contributed by atoms with van der Waals surface area (Å²) in [5, 5.41) is 0. The quantitative estimate of drug-likeness (QED) is 0.573. The second-order valence-corrected chi connectivity index (χ2v) is 3.74. The fourth-order valence-electron chi connectivity index (χ4n) is 1.57. The molecule has 0 aliphatic rings. The van der Waals surface area contributed by atoms with Crippen LogP contribution < -0.4 is 0 Å². The first-order valence-corrected chi connectivity index (χ1v) is 6.89. The molecule has 0 heteroatoms. The van der Waals surface area contributed by atoms with Crippen molar-refractivity contribution in [3.63, 3.8) is 0 Å². The van der Waals surface area contributed by atoms with Gasteiger partial charge in [0.1, 0.15) is 0 Å². The normalized spacial score (nSPS) is 8.56. The summed E-state index contributed by atoms with van der Waals surface area (Å²) < 4.78 is 0. The van der Waals surface area contributed by atoms with Gasteiger partial charge in [-0.05, 0) is 25.0 Å². The van der Waals surface area contributed by atoms with Gasteiger partial charge in [-0.25, -0.2) is 0 Å². The van der Waals surface area contributed by atoms with Crippen LogP contribution in [0, 0.1) is 13.8 Å². The Morgan fingerprint density at radius 3 is 1.61 bits per heavy atom. The summed E-state index contributed by atoms with van der Waals surface area (Å²) in [7, 11) is 0. The molecule has 0 N–H and O–H groups in total. The fourth-order valence-corrected chi connectivity index (χ4v) is 1.57. The van der Waals surface area contributed by atoms with E-state index in [0.29, 0.717) is 0 Å². The van der Waals surface area contributed by atoms with E-state index < -0.39 is 0 Å². The first-order chi connectivity index (χ1) is 8.75. The summed E-state index contributed by atoms with van der Waals surface area (Å²) >= 11 is 0. The van der Waals surface area contributed by atoms with Crippen molar-refractivity contribution in [1.29, 1.82) is 0 Å². The van der Waals surface area contributed by atoms with Crippen LogP contribution in [0.25, 0.3) is 11.1 Å². The minimum atomic E-state index is 1.29. The summed E-state index contributed by atoms with van der Waals surface area (Å²) in [6.45, 7) is 12.2. The minimum Gasteiger partial charge on any atom is -0.0683 e. The maximum Gasteiger partial charge on any atom is -0.0181 e. The lowest BCUT2D eigenvalue weighted by Crippen LogP contribution is -1.79. The van der Waals surface area contributed by atoms with Crippen LogP contribution in [0.3, 0.4) is 0 Å². The van der Waals surface area contributed by atoms with Gasteiger partial charge in [0.05, 0.1) is 0 Å². The van der Waals surface area contributed by atoms with Gasteiger partial charge in [-0.2, -0.15) is 0 Å². The maximum absolute atomic E-state index is 2.21. The van der Waals surface area contributed by atoms with Crippen LogP contribution in [0.15, 0.2) is 48.5 Å². The largest absolute Gasteiger partial charge is 0.0683 e. The zero-order valence-electron chi connectivity index (χ0n) is 12.6. The predicted octanol–water partition coefficient (Wildman–Crippen LogP) is 6.02. The van der Waals surface area contributed by atoms with E-state index in [1.54, 1.807) is 0 Å². The lowest BCUT2D eigenvalue weighted by atomic mass is 10.0. The Kier molecular flexibility index (Phi) is 8.65. The molecule has 0 aromatic heterocycles. The smallest absolute Gasteiger partial charge is 0.0181 e. The van der Waals surface area contributed by atoms with Crippen molar-refractivity contribution in [3.8, 4) is 11.1 Å². The molecule has 2 rings (SSSR count). The molecule has 0 unspecified atom stereocenters. The van der Waals surface area contributed by atoms with Gasteiger partial charge in [-0.3, -0.25) is 0 Å². The SMILES string of the molecule is CC.CC.Cc1ccc(-c2cccc(C)c2)cc1. The molecule has 0 atom stereocenters. The minimum absolute atomic E-state index is 1.29. The number of hydrogen-bond acceptors (Lipinski definition) is 0. The average Bonchev–Trinajstić information content (AvgIpc) is 2.44. The lowest BCUT2D eigenvalue weighted by molar-refractivity contribution is 1.44. The molecule has 0 saturated carbocycles. The lowest BCUT2D eigenvalue weighted by Gasteiger charge is -2.02. The van der Waals surface area contributed by atoms with Gasteiger partial charge in [-0.1, -0.05) is 87.4 Å². The first-order valence-electron chi connectivity index (χ1n) is 6.89. The highest BCUT2D eigenvalue weighted by Gasteiger charge is 1.96. The summed E-state index contributed by atoms with van der Waals surface area (Å²) in [6, 6.07) is 17.2. The number of benzene rings is 2. The topological polar surface area (TPSA) is 0 Å². The van der Waals surface area contributed by atoms with Crippen molar-refractivity contribution in [2.45, 2.75) is 41.5 Å². The summed E-state index contributed by atoms with van der Waals surface area (Å²) in [4.78, 5) is 0. The van der Waals surface area contributed by atoms with Crippen molar-refractivity contribution >= 4 is 0 Å². The Morgan fingerprint density at radius 1 is 0.556 bits per heavy atom. The van der Waals surface area contributed by atoms with Crippen LogP contribution in [0.4, 0.5) is 0 Å². The molecular weight excluding hydrogens is 216 g/mol. The third kappa shape index (κ3) is 5.18. The van der Waals surface area contributed by atoms with Gasteiger partial charge in [0, 0.05) is 0 Å². The van der Waals surface area contributed by atoms with Gasteiger partial charge < -0.3 is 0 Å². The fraction of sp³-hybridized carbons (Fsp3) is 0.333. The van der Waals surface area contributed by atoms with Crippen molar-refractivity contribution < 1.29 is 0 Å². The van der Waals surface area contributed by atoms with E-state index in [-0.39, 0.29) is 0 Å². The predicted molar refractivity (Wildman–Crippen MR) is 84.0 cm³/mol. The Morgan fingerprint density at radius 2 is 1.11 bits per heavy atom. The zero-order chi connectivity index (χ0) is 14.0. The van der Waals surface area contributed by atoms with E-state index in [4.69, 9.17) is 0 Å². The molecule has 0 bridgehead atoms. The molecule has 2 aromatic carbocycles. The van der Waals surface area contributed by atoms with Crippen LogP contribution in [0.5, 0.6) is 0 Å². The van der Waals surface area contributed by atoms with Crippen molar-refractivity contribution in [2.24, 2.45) is 0 Å². The molecule has 0 nitrogen and oxygen atoms in total. The van der Waals surface area contributed by atoms with E-state index in [1.165, 1.54) is 22.3 Å². The van der Waals surface area contributed by atoms with Gasteiger partial charge >= 0.3 is 0 Å². The Labute approximate surface area is 113 Å². The first kappa shape index (κ1) is 16.4. The van der Waals surface area contributed by atoms with Crippen molar-refractivity contribution in [3.05, 3.63) is 59.7 Å². The third-order valence-corrected chi connectivity index (χ3v) is 2.40. The van der Waals surface area contributed by atoms with E-state index in [9.17, 15) is 0 Å². The number of hydrogen-bond donors (Lipinski definition) is 0. The Bertz CT molecular complexity index is 424. The number of rotatable bonds is 1. The highest BCUT2D eigenvalue weighted by Crippen LogP contribution is 2.20. The molecule has 0 heterocycles. The van der Waals surface area contributed by atoms with Crippen molar-refractivity contribution in [1.82, 2.24) is 0 Å². The summed E-state index contributed by atoms with van der Waals surface area (Å²) in [5.74, 6) is 0. The van der Waals surface area contributed by atoms with Gasteiger partial charge in [0.15, 0.2) is 0 Å². The van der Waals surface area contributed by atoms with Crippen LogP contribution >= 0.6 is 0 Å². The van der Waals surface area contributed by atoms with E-state index >= 15 is 0 Å². The molecular formula is C18H26. The Balaban J connectivity index is 0.000000659. The second kappa shape index (κ2) is 9.47. The third-order valence-electron chi connectivity index (χ3n) is 2.40. The van der Waals surface area contributed by atoms with Crippen LogP contribution in [0.2, 0.25) is 0 Å². The highest BCUT2D eigenvalue weighted by atomic mass is 14.0. The standard InChI is InChI=1S/C14H14.2C2H6/c1-11-6-8-13(9-7-11)14-5-3-4-12(2)10-14;2*1-2/h3-10H,1-2H3;2*1-2H3. The average molecular weight is 242 g/mol. The monoisotopic (exact) mass is 242 g/mol. The van der Waals surface area contributed by atoms with Gasteiger partial charge in [0.2, 0.25) is 0 Å². The van der Waals surface area contributed by atoms with E-state index in [1.807, 2.05) is 27.7 Å². The van der Waals surface area contributed by atoms with E-state index in [2.05, 4.69) is 62.4 Å². The van der Waals surface area contributed by atoms with Crippen LogP contribution in [-0.4, -0.2) is 0 Å². The molecule has 0 amide bonds. The summed E-state index contributed by atoms with van der Waals surface area (Å²) in [5.41, 5.74) is 5.20. The molecule has 0 spiro atoms. The summed E-state index contributed by atoms with van der Waals surface area (Å²) in [6.07, 6.45) is 0. The molecule has 0 radical (unpaired) electrons. The number of aryl methyl sites for hydroxylation is 2. The molecule has 0 aliphatic heterocycles. The molecule has 0 fully saturated rings.